The van der Waals surface area contributed by atoms with Crippen LogP contribution in [0.25, 0.3) is 0 Å². The highest BCUT2D eigenvalue weighted by atomic mass is 79.9. The van der Waals surface area contributed by atoms with Crippen LogP contribution in [0.4, 0.5) is 0 Å². The van der Waals surface area contributed by atoms with Crippen molar-refractivity contribution in [2.75, 3.05) is 20.1 Å². The molecule has 78 valence electrons. The van der Waals surface area contributed by atoms with Gasteiger partial charge in [0, 0.05) is 11.9 Å². The van der Waals surface area contributed by atoms with Crippen LogP contribution in [0, 0.1) is 0 Å². The van der Waals surface area contributed by atoms with Crippen molar-refractivity contribution < 1.29 is 4.79 Å². The summed E-state index contributed by atoms with van der Waals surface area (Å²) in [7, 11) is 1.90. The quantitative estimate of drug-likeness (QED) is 0.806. The molecule has 1 aromatic heterocycles. The van der Waals surface area contributed by atoms with Crippen LogP contribution in [0.15, 0.2) is 15.2 Å². The fourth-order valence-electron chi connectivity index (χ4n) is 0.998. The number of nitrogens with one attached hydrogen (secondary N) is 2. The molecule has 0 radical (unpaired) electrons. The van der Waals surface area contributed by atoms with E-state index < -0.39 is 0 Å². The molecule has 1 heterocycles. The summed E-state index contributed by atoms with van der Waals surface area (Å²) in [5.41, 5.74) is 0.728. The number of halogens is 1. The molecular formula is C9H13BrN2OS. The zero-order valence-electron chi connectivity index (χ0n) is 7.97. The first-order valence-corrected chi connectivity index (χ1v) is 6.08. The van der Waals surface area contributed by atoms with Crippen LogP contribution in [0.3, 0.4) is 0 Å². The number of thiophene rings is 1. The van der Waals surface area contributed by atoms with Gasteiger partial charge in [-0.25, -0.2) is 0 Å². The van der Waals surface area contributed by atoms with Crippen molar-refractivity contribution >= 4 is 33.2 Å². The number of carbonyl (C=O) groups excluding carboxylic acids is 1. The van der Waals surface area contributed by atoms with Gasteiger partial charge in [-0.2, -0.15) is 0 Å². The fourth-order valence-corrected chi connectivity index (χ4v) is 2.13. The minimum absolute atomic E-state index is 0.00283. The van der Waals surface area contributed by atoms with E-state index >= 15 is 0 Å². The molecule has 0 aromatic carbocycles. The SMILES string of the molecule is CNCCCNC(=O)c1csc(Br)c1. The van der Waals surface area contributed by atoms with Gasteiger partial charge in [0.05, 0.1) is 9.35 Å². The van der Waals surface area contributed by atoms with Crippen LogP contribution < -0.4 is 10.6 Å². The number of hydrogen-bond donors (Lipinski definition) is 2. The third-order valence-electron chi connectivity index (χ3n) is 1.72. The Hall–Kier alpha value is -0.390. The highest BCUT2D eigenvalue weighted by Gasteiger charge is 2.06. The van der Waals surface area contributed by atoms with E-state index in [4.69, 9.17) is 0 Å². The predicted octanol–water partition coefficient (Wildman–Crippen LogP) is 1.85. The molecule has 3 nitrogen and oxygen atoms in total. The maximum absolute atomic E-state index is 11.5. The van der Waals surface area contributed by atoms with Gasteiger partial charge >= 0.3 is 0 Å². The lowest BCUT2D eigenvalue weighted by Gasteiger charge is -2.02. The van der Waals surface area contributed by atoms with E-state index in [2.05, 4.69) is 26.6 Å². The molecule has 0 unspecified atom stereocenters. The van der Waals surface area contributed by atoms with Crippen molar-refractivity contribution in [2.24, 2.45) is 0 Å². The zero-order chi connectivity index (χ0) is 10.4. The largest absolute Gasteiger partial charge is 0.352 e. The Morgan fingerprint density at radius 2 is 2.36 bits per heavy atom. The molecule has 0 fully saturated rings. The number of amides is 1. The molecule has 0 saturated heterocycles. The second-order valence-electron chi connectivity index (χ2n) is 2.85. The van der Waals surface area contributed by atoms with E-state index in [0.29, 0.717) is 6.54 Å². The molecule has 0 aliphatic heterocycles. The average molecular weight is 277 g/mol. The highest BCUT2D eigenvalue weighted by molar-refractivity contribution is 9.11. The third-order valence-corrected chi connectivity index (χ3v) is 3.22. The van der Waals surface area contributed by atoms with E-state index in [9.17, 15) is 4.79 Å². The van der Waals surface area contributed by atoms with Crippen LogP contribution in [0.1, 0.15) is 16.8 Å². The number of carbonyl (C=O) groups is 1. The van der Waals surface area contributed by atoms with Gasteiger partial charge in [0.1, 0.15) is 0 Å². The van der Waals surface area contributed by atoms with E-state index in [1.165, 1.54) is 11.3 Å². The van der Waals surface area contributed by atoms with Crippen LogP contribution in [0.5, 0.6) is 0 Å². The van der Waals surface area contributed by atoms with Crippen molar-refractivity contribution in [1.82, 2.24) is 10.6 Å². The van der Waals surface area contributed by atoms with Crippen LogP contribution in [-0.2, 0) is 0 Å². The summed E-state index contributed by atoms with van der Waals surface area (Å²) in [5, 5.41) is 7.73. The summed E-state index contributed by atoms with van der Waals surface area (Å²) in [6.45, 7) is 1.64. The molecule has 0 bridgehead atoms. The van der Waals surface area contributed by atoms with Gasteiger partial charge < -0.3 is 10.6 Å². The summed E-state index contributed by atoms with van der Waals surface area (Å²) in [6.07, 6.45) is 0.952. The van der Waals surface area contributed by atoms with Crippen molar-refractivity contribution in [3.63, 3.8) is 0 Å². The summed E-state index contributed by atoms with van der Waals surface area (Å²) < 4.78 is 0.984. The second kappa shape index (κ2) is 6.16. The summed E-state index contributed by atoms with van der Waals surface area (Å²) >= 11 is 4.84. The molecule has 0 aliphatic rings. The lowest BCUT2D eigenvalue weighted by atomic mass is 10.3. The first kappa shape index (κ1) is 11.7. The normalized spacial score (nSPS) is 10.1. The Balaban J connectivity index is 2.29. The first-order valence-electron chi connectivity index (χ1n) is 4.41. The van der Waals surface area contributed by atoms with E-state index in [-0.39, 0.29) is 5.91 Å². The van der Waals surface area contributed by atoms with E-state index in [1.807, 2.05) is 18.5 Å². The Bertz CT molecular complexity index is 301. The smallest absolute Gasteiger partial charge is 0.252 e. The molecule has 0 atom stereocenters. The Morgan fingerprint density at radius 1 is 1.57 bits per heavy atom. The van der Waals surface area contributed by atoms with E-state index in [1.54, 1.807) is 0 Å². The Labute approximate surface area is 96.0 Å². The van der Waals surface area contributed by atoms with Crippen molar-refractivity contribution in [3.8, 4) is 0 Å². The molecule has 2 N–H and O–H groups in total. The molecule has 14 heavy (non-hydrogen) atoms. The first-order chi connectivity index (χ1) is 6.74. The van der Waals surface area contributed by atoms with Crippen molar-refractivity contribution in [2.45, 2.75) is 6.42 Å². The van der Waals surface area contributed by atoms with Gasteiger partial charge in [0.2, 0.25) is 0 Å². The Kier molecular flexibility index (Phi) is 5.14. The molecular weight excluding hydrogens is 264 g/mol. The highest BCUT2D eigenvalue weighted by Crippen LogP contribution is 2.20. The van der Waals surface area contributed by atoms with E-state index in [0.717, 1.165) is 22.3 Å². The number of rotatable bonds is 5. The lowest BCUT2D eigenvalue weighted by Crippen LogP contribution is -2.26. The van der Waals surface area contributed by atoms with Gasteiger partial charge in [0.25, 0.3) is 5.91 Å². The minimum Gasteiger partial charge on any atom is -0.352 e. The van der Waals surface area contributed by atoms with Gasteiger partial charge in [-0.15, -0.1) is 11.3 Å². The third kappa shape index (κ3) is 3.77. The zero-order valence-corrected chi connectivity index (χ0v) is 10.4. The molecule has 5 heteroatoms. The topological polar surface area (TPSA) is 41.1 Å². The van der Waals surface area contributed by atoms with Crippen LogP contribution in [-0.4, -0.2) is 26.0 Å². The molecule has 1 aromatic rings. The van der Waals surface area contributed by atoms with Gasteiger partial charge in [-0.05, 0) is 42.0 Å². The summed E-state index contributed by atoms with van der Waals surface area (Å²) in [6, 6.07) is 1.83. The Morgan fingerprint density at radius 3 is 2.93 bits per heavy atom. The summed E-state index contributed by atoms with van der Waals surface area (Å²) in [5.74, 6) is 0.00283. The standard InChI is InChI=1S/C9H13BrN2OS/c1-11-3-2-4-12-9(13)7-5-8(10)14-6-7/h5-6,11H,2-4H2,1H3,(H,12,13). The van der Waals surface area contributed by atoms with Crippen LogP contribution >= 0.6 is 27.3 Å². The van der Waals surface area contributed by atoms with Crippen molar-refractivity contribution in [1.29, 1.82) is 0 Å². The van der Waals surface area contributed by atoms with Crippen molar-refractivity contribution in [3.05, 3.63) is 20.8 Å². The van der Waals surface area contributed by atoms with Gasteiger partial charge in [0.15, 0.2) is 0 Å². The number of hydrogen-bond acceptors (Lipinski definition) is 3. The molecule has 1 rings (SSSR count). The lowest BCUT2D eigenvalue weighted by molar-refractivity contribution is 0.0953. The van der Waals surface area contributed by atoms with Gasteiger partial charge in [-0.1, -0.05) is 0 Å². The minimum atomic E-state index is 0.00283. The second-order valence-corrected chi connectivity index (χ2v) is 5.14. The average Bonchev–Trinajstić information content (AvgIpc) is 2.59. The molecule has 0 aliphatic carbocycles. The molecule has 0 spiro atoms. The fraction of sp³-hybridized carbons (Fsp3) is 0.444. The van der Waals surface area contributed by atoms with Crippen LogP contribution in [0.2, 0.25) is 0 Å². The molecule has 1 amide bonds. The molecule has 0 saturated carbocycles. The maximum atomic E-state index is 11.5. The van der Waals surface area contributed by atoms with Gasteiger partial charge in [-0.3, -0.25) is 4.79 Å². The summed E-state index contributed by atoms with van der Waals surface area (Å²) in [4.78, 5) is 11.5. The predicted molar refractivity (Wildman–Crippen MR) is 62.9 cm³/mol. The maximum Gasteiger partial charge on any atom is 0.252 e. The monoisotopic (exact) mass is 276 g/mol.